The maximum atomic E-state index is 14.0. The number of carbonyl (C=O) groups excluding carboxylic acids is 13. The number of amides is 6. The van der Waals surface area contributed by atoms with Crippen LogP contribution in [0.25, 0.3) is 22.3 Å². The van der Waals surface area contributed by atoms with E-state index in [9.17, 15) is 147 Å². The van der Waals surface area contributed by atoms with E-state index in [1.807, 2.05) is 24.3 Å². The Hall–Kier alpha value is -15.0. The fourth-order valence-electron chi connectivity index (χ4n) is 17.2. The summed E-state index contributed by atoms with van der Waals surface area (Å²) >= 11 is 1.64. The van der Waals surface area contributed by atoms with Crippen molar-refractivity contribution in [3.05, 3.63) is 176 Å². The van der Waals surface area contributed by atoms with Gasteiger partial charge in [-0.15, -0.1) is 6.58 Å². The number of nitrogens with zero attached hydrogens (tertiary/aromatic N) is 3. The van der Waals surface area contributed by atoms with Crippen LogP contribution in [0.1, 0.15) is 193 Å². The molecular weight excluding hydrogens is 2010 g/mol. The Bertz CT molecular complexity index is 6320. The number of methoxy groups -OCH3 is 1. The van der Waals surface area contributed by atoms with Crippen LogP contribution in [-0.4, -0.2) is 292 Å². The number of rotatable bonds is 55. The number of nitrogen functional groups attached to an aromatic ring is 1. The Morgan fingerprint density at radius 3 is 1.87 bits per heavy atom. The zero-order valence-corrected chi connectivity index (χ0v) is 83.2. The summed E-state index contributed by atoms with van der Waals surface area (Å²) in [4.78, 5) is 269. The molecule has 2 aromatic heterocycles. The van der Waals surface area contributed by atoms with Gasteiger partial charge in [-0.3, -0.25) is 91.3 Å². The third-order valence-corrected chi connectivity index (χ3v) is 28.4. The summed E-state index contributed by atoms with van der Waals surface area (Å²) in [6.07, 6.45) is -12.3. The van der Waals surface area contributed by atoms with Crippen molar-refractivity contribution in [3.8, 4) is 28.4 Å². The number of ketones is 7. The zero-order chi connectivity index (χ0) is 109. The van der Waals surface area contributed by atoms with Gasteiger partial charge in [-0.1, -0.05) is 102 Å². The first-order valence-electron chi connectivity index (χ1n) is 46.8. The fourth-order valence-corrected chi connectivity index (χ4v) is 20.4. The molecule has 14 atom stereocenters. The van der Waals surface area contributed by atoms with Crippen molar-refractivity contribution in [1.82, 2.24) is 51.8 Å². The maximum Gasteiger partial charge on any atom is 0.407 e. The molecule has 7 aromatic rings. The molecule has 21 N–H and O–H groups in total. The van der Waals surface area contributed by atoms with E-state index in [4.69, 9.17) is 29.8 Å². The number of alkyl carbamates (subject to hydrolysis) is 1. The third-order valence-electron chi connectivity index (χ3n) is 24.9. The Kier molecular flexibility index (Phi) is 41.7. The molecule has 3 aliphatic carbocycles. The summed E-state index contributed by atoms with van der Waals surface area (Å²) in [5, 5.41) is 131. The van der Waals surface area contributed by atoms with Crippen molar-refractivity contribution in [1.29, 1.82) is 0 Å². The number of hydrogen-bond donors (Lipinski definition) is 20. The van der Waals surface area contributed by atoms with Crippen molar-refractivity contribution in [2.24, 2.45) is 23.7 Å². The number of aromatic amines is 1. The lowest BCUT2D eigenvalue weighted by molar-refractivity contribution is -0.249. The maximum absolute atomic E-state index is 14.0. The first kappa shape index (κ1) is 116. The van der Waals surface area contributed by atoms with E-state index in [0.29, 0.717) is 17.1 Å². The van der Waals surface area contributed by atoms with Crippen LogP contribution >= 0.6 is 33.3 Å². The monoisotopic (exact) mass is 2120 g/mol. The minimum atomic E-state index is -2.43. The molecule has 6 amide bonds. The number of nitrogens with one attached hydrogen (secondary N) is 8. The number of nitrogens with two attached hydrogens (primary N) is 1. The van der Waals surface area contributed by atoms with Crippen LogP contribution in [0.4, 0.5) is 16.4 Å². The molecule has 5 aromatic carbocycles. The highest BCUT2D eigenvalue weighted by Crippen LogP contribution is 2.53. The molecule has 47 nitrogen and oxygen atoms in total. The predicted molar refractivity (Wildman–Crippen MR) is 531 cm³/mol. The normalized spacial score (nSPS) is 17.9. The van der Waals surface area contributed by atoms with Crippen molar-refractivity contribution in [2.75, 3.05) is 60.9 Å². The van der Waals surface area contributed by atoms with E-state index in [2.05, 4.69) is 88.0 Å². The van der Waals surface area contributed by atoms with E-state index < -0.39 is 296 Å². The molecule has 3 heterocycles. The van der Waals surface area contributed by atoms with Gasteiger partial charge in [0.25, 0.3) is 11.5 Å². The third kappa shape index (κ3) is 30.9. The lowest BCUT2D eigenvalue weighted by atomic mass is 9.72. The smallest absolute Gasteiger partial charge is 0.407 e. The van der Waals surface area contributed by atoms with Gasteiger partial charge < -0.3 is 118 Å². The number of H-pyrrole nitrogens is 1. The standard InChI is InChI=1S/C59H65N3O20S3.C40H47N9O15/c1-28(24-60-44(66)15-17-83-27-37-33-11-6-4-9-31(33)32-10-5-7-12-34(32)37)56(74)61-38(20-45(67)68)40(64)19-30(57(75)76)26-85-84-18-16-80-58(77)62-39-21-46(81-29(2)51(39)69)82-42-23-59(78,43(65)25-63)22-36-48(42)55(73)50-49(53(36)71)52(70)35-13-8-14-41(79-3)47(35)54(50)72;1-3-5-25(29(52)13-21(15-31(55)56)37(61)47-27(16-32(57)58)28(51)4-2)45-36(60)20(14-30(53)54)12-24(50)10-11-26(39(63)64)46-35(59)19-6-8-22(9-7-19)42-17-23-18-43-34-33(44-23)38(62)49-40(41)48-34/h4-14,28-30,37-39,42,46,51,63,69,71,73,78H,15-27H2,1-3H3,(H,60,66)(H,61,74)(H,62,77)(H,67,68)(H,75,76);3,6-9,18,20-21,25-27,42H,1,4-5,10-17H2,2H3,(H,45,60)(H,46,59)(H,47,61)(H,53,54)(H,55,56)(H,57,58)(H,63,64)(H3,41,43,48,49,62)/t28-,29?,30-,38-,39?,42-,46?,51?,59-;20-,21-,25-,26-,27-/m00/s1. The lowest BCUT2D eigenvalue weighted by Gasteiger charge is -2.42. The summed E-state index contributed by atoms with van der Waals surface area (Å²) in [5.41, 5.74) is 6.35. The van der Waals surface area contributed by atoms with E-state index in [0.717, 1.165) is 27.3 Å². The Balaban J connectivity index is 0.000000318. The Morgan fingerprint density at radius 1 is 0.664 bits per heavy atom. The van der Waals surface area contributed by atoms with Crippen molar-refractivity contribution >= 4 is 168 Å². The van der Waals surface area contributed by atoms with Crippen LogP contribution in [0.3, 0.4) is 0 Å². The number of fused-ring (bicyclic) bond motifs is 7. The number of thioether (sulfide) groups is 1. The molecule has 0 bridgehead atoms. The van der Waals surface area contributed by atoms with Crippen LogP contribution in [0.2, 0.25) is 0 Å². The first-order chi connectivity index (χ1) is 70.8. The van der Waals surface area contributed by atoms with Crippen molar-refractivity contribution in [2.45, 2.75) is 190 Å². The van der Waals surface area contributed by atoms with Gasteiger partial charge in [0.2, 0.25) is 35.4 Å². The minimum Gasteiger partial charge on any atom is -0.507 e. The highest BCUT2D eigenvalue weighted by atomic mass is 33.1. The summed E-state index contributed by atoms with van der Waals surface area (Å²) in [7, 11) is 3.40. The predicted octanol–water partition coefficient (Wildman–Crippen LogP) is 4.43. The number of ether oxygens (including phenoxy) is 4. The number of aliphatic hydroxyl groups is 3. The largest absolute Gasteiger partial charge is 0.507 e. The van der Waals surface area contributed by atoms with Gasteiger partial charge in [-0.2, -0.15) is 16.7 Å². The number of aromatic nitrogens is 4. The van der Waals surface area contributed by atoms with E-state index >= 15 is 0 Å². The lowest BCUT2D eigenvalue weighted by Crippen LogP contribution is -2.56. The second kappa shape index (κ2) is 53.6. The number of carboxylic acids is 6. The number of aromatic hydroxyl groups is 2. The highest BCUT2D eigenvalue weighted by molar-refractivity contribution is 8.76. The van der Waals surface area contributed by atoms with E-state index in [1.54, 1.807) is 11.8 Å². The highest BCUT2D eigenvalue weighted by Gasteiger charge is 2.51. The number of carboxylic acid groups (broad SMARTS) is 6. The second-order valence-corrected chi connectivity index (χ2v) is 39.3. The van der Waals surface area contributed by atoms with Gasteiger partial charge in [0.1, 0.15) is 54.0 Å². The summed E-state index contributed by atoms with van der Waals surface area (Å²) in [6.45, 7) is 6.52. The average molecular weight is 2130 g/mol. The molecule has 4 unspecified atom stereocenters. The van der Waals surface area contributed by atoms with Gasteiger partial charge in [0.15, 0.2) is 46.4 Å². The van der Waals surface area contributed by atoms with Crippen LogP contribution < -0.4 is 53.2 Å². The molecule has 1 saturated heterocycles. The number of phenolic OH excluding ortho intramolecular Hbond substituents is 2. The number of benzene rings is 5. The molecular formula is C99H112N12O35S3. The molecule has 0 saturated carbocycles. The molecule has 50 heteroatoms. The number of Topliss-reactive ketones (excluding diaryl/α,β-unsaturated/α-hetero) is 5. The molecule has 149 heavy (non-hydrogen) atoms. The van der Waals surface area contributed by atoms with Crippen LogP contribution in [0, 0.1) is 23.7 Å². The van der Waals surface area contributed by atoms with Gasteiger partial charge in [0.05, 0.1) is 128 Å². The number of hydrogen-bond acceptors (Lipinski definition) is 37. The SMILES string of the molecule is C=CC[C@H](NC(=O)[C@H](CC(=O)O)CC(=O)CC[C@H](NC(=O)c1ccc(NCc2cnc3nc(N)[nH]c(=O)c3n2)cc1)C(=O)O)C(=O)C[C@@H](CC(=O)O)C(=O)N[C@@H](CC(=O)O)C(=O)CC.COc1cccc2c1C(=O)c1c(O)c3c(c(O)c1C2=O)C[C@@](O)(C(=O)CO)C[C@@H]3OC1CC(NC(=O)OCCSSC[C@H](CC(=O)[C@H](CC(=O)O)NC(=O)[C@@H](C)CNC(=O)CCSCC2c3ccccc3-c3ccccc32)C(=O)O)C(O)C(C)O1. The fraction of sp³-hybridized carbons (Fsp3) is 0.424. The molecule has 1 fully saturated rings. The second-order valence-electron chi connectivity index (χ2n) is 35.5. The van der Waals surface area contributed by atoms with Crippen molar-refractivity contribution < 1.29 is 166 Å². The van der Waals surface area contributed by atoms with Crippen molar-refractivity contribution in [3.63, 3.8) is 0 Å². The van der Waals surface area contributed by atoms with Crippen LogP contribution in [-0.2, 0) is 99.1 Å². The van der Waals surface area contributed by atoms with Gasteiger partial charge in [-0.05, 0) is 72.4 Å². The summed E-state index contributed by atoms with van der Waals surface area (Å²) in [6, 6.07) is 19.3. The summed E-state index contributed by atoms with van der Waals surface area (Å²) < 4.78 is 22.8. The molecule has 11 rings (SSSR count). The Morgan fingerprint density at radius 2 is 1.26 bits per heavy atom. The topological polar surface area (TPSA) is 766 Å². The van der Waals surface area contributed by atoms with E-state index in [-0.39, 0.29) is 119 Å². The van der Waals surface area contributed by atoms with E-state index in [1.165, 1.54) is 105 Å². The first-order valence-corrected chi connectivity index (χ1v) is 50.5. The average Bonchev–Trinajstić information content (AvgIpc) is 1.19. The zero-order valence-electron chi connectivity index (χ0n) is 80.7. The molecule has 4 aliphatic rings. The number of anilines is 2. The van der Waals surface area contributed by atoms with Gasteiger partial charge in [0, 0.05) is 121 Å². The molecule has 796 valence electrons. The minimum absolute atomic E-state index is 0.0131. The van der Waals surface area contributed by atoms with Crippen LogP contribution in [0.5, 0.6) is 17.2 Å². The quantitative estimate of drug-likeness (QED) is 0.0108. The van der Waals surface area contributed by atoms with Gasteiger partial charge >= 0.3 is 41.9 Å². The number of carbonyl (C=O) groups is 19. The molecule has 1 aliphatic heterocycles. The Labute approximate surface area is 860 Å². The molecule has 0 spiro atoms. The van der Waals surface area contributed by atoms with Crippen LogP contribution in [0.15, 0.2) is 115 Å². The summed E-state index contributed by atoms with van der Waals surface area (Å²) in [5.74, 6) is -24.3. The molecule has 0 radical (unpaired) electrons. The number of aliphatic hydroxyl groups excluding tert-OH is 2. The van der Waals surface area contributed by atoms with Gasteiger partial charge in [-0.25, -0.2) is 19.6 Å². The number of phenols is 2. The number of aliphatic carboxylic acids is 6.